The van der Waals surface area contributed by atoms with Crippen LogP contribution in [0.3, 0.4) is 0 Å². The molecule has 2 N–H and O–H groups in total. The first-order chi connectivity index (χ1) is 17.4. The quantitative estimate of drug-likeness (QED) is 0.302. The molecule has 3 heterocycles. The van der Waals surface area contributed by atoms with Crippen LogP contribution in [0.4, 0.5) is 22.5 Å². The van der Waals surface area contributed by atoms with E-state index in [1.807, 2.05) is 45.2 Å². The second-order valence-electron chi connectivity index (χ2n) is 8.33. The predicted molar refractivity (Wildman–Crippen MR) is 148 cm³/mol. The van der Waals surface area contributed by atoms with Crippen molar-refractivity contribution in [1.82, 2.24) is 19.9 Å². The van der Waals surface area contributed by atoms with E-state index in [0.717, 1.165) is 68.6 Å². The number of ether oxygens (including phenoxy) is 1. The SMILES string of the molecule is CNc1c(C)cccc1Cl.COCCCN1CCN(c2cc(Nc3ncc(C=O)s3)nc(C)n2)CC1. The summed E-state index contributed by atoms with van der Waals surface area (Å²) >= 11 is 7.17. The van der Waals surface area contributed by atoms with E-state index in [1.54, 1.807) is 13.3 Å². The van der Waals surface area contributed by atoms with Crippen molar-refractivity contribution in [3.63, 3.8) is 0 Å². The Hall–Kier alpha value is -2.79. The Morgan fingerprint density at radius 3 is 2.58 bits per heavy atom. The number of anilines is 4. The number of hydrogen-bond acceptors (Lipinski definition) is 10. The molecule has 0 unspecified atom stereocenters. The molecule has 2 aromatic heterocycles. The van der Waals surface area contributed by atoms with Gasteiger partial charge in [-0.25, -0.2) is 15.0 Å². The number of nitrogens with one attached hydrogen (secondary N) is 2. The zero-order valence-electron chi connectivity index (χ0n) is 21.3. The van der Waals surface area contributed by atoms with Crippen LogP contribution >= 0.6 is 22.9 Å². The van der Waals surface area contributed by atoms with Gasteiger partial charge in [0, 0.05) is 59.6 Å². The highest BCUT2D eigenvalue weighted by Gasteiger charge is 2.19. The number of rotatable bonds is 9. The zero-order chi connectivity index (χ0) is 25.9. The van der Waals surface area contributed by atoms with Gasteiger partial charge in [-0.15, -0.1) is 0 Å². The molecule has 0 atom stereocenters. The van der Waals surface area contributed by atoms with Crippen molar-refractivity contribution < 1.29 is 9.53 Å². The van der Waals surface area contributed by atoms with Crippen molar-refractivity contribution in [2.75, 3.05) is 69.0 Å². The summed E-state index contributed by atoms with van der Waals surface area (Å²) < 4.78 is 5.12. The Morgan fingerprint density at radius 2 is 1.97 bits per heavy atom. The van der Waals surface area contributed by atoms with Gasteiger partial charge >= 0.3 is 0 Å². The Morgan fingerprint density at radius 1 is 1.19 bits per heavy atom. The molecule has 1 aliphatic rings. The Labute approximate surface area is 221 Å². The lowest BCUT2D eigenvalue weighted by atomic mass is 10.2. The highest BCUT2D eigenvalue weighted by Crippen LogP contribution is 2.25. The molecule has 0 bridgehead atoms. The fourth-order valence-electron chi connectivity index (χ4n) is 3.87. The number of halogens is 1. The number of benzene rings is 1. The van der Waals surface area contributed by atoms with Gasteiger partial charge < -0.3 is 20.3 Å². The smallest absolute Gasteiger partial charge is 0.188 e. The maximum absolute atomic E-state index is 10.8. The molecule has 0 amide bonds. The summed E-state index contributed by atoms with van der Waals surface area (Å²) in [6.07, 6.45) is 3.41. The summed E-state index contributed by atoms with van der Waals surface area (Å²) in [6.45, 7) is 9.70. The third-order valence-corrected chi connectivity index (χ3v) is 6.84. The van der Waals surface area contributed by atoms with Gasteiger partial charge in [-0.2, -0.15) is 0 Å². The minimum atomic E-state index is 0.586. The number of carbonyl (C=O) groups excluding carboxylic acids is 1. The number of carbonyl (C=O) groups is 1. The lowest BCUT2D eigenvalue weighted by Crippen LogP contribution is -2.47. The predicted octanol–water partition coefficient (Wildman–Crippen LogP) is 4.65. The molecule has 1 aromatic carbocycles. The average Bonchev–Trinajstić information content (AvgIpc) is 3.32. The molecule has 1 saturated heterocycles. The van der Waals surface area contributed by atoms with Gasteiger partial charge in [-0.1, -0.05) is 35.1 Å². The number of aromatic nitrogens is 3. The van der Waals surface area contributed by atoms with E-state index < -0.39 is 0 Å². The van der Waals surface area contributed by atoms with Crippen LogP contribution in [0.1, 0.15) is 27.5 Å². The van der Waals surface area contributed by atoms with Gasteiger partial charge in [0.25, 0.3) is 0 Å². The molecule has 3 aromatic rings. The molecular formula is C25H34ClN7O2S. The largest absolute Gasteiger partial charge is 0.387 e. The molecule has 0 spiro atoms. The first kappa shape index (κ1) is 27.8. The van der Waals surface area contributed by atoms with Crippen molar-refractivity contribution >= 4 is 51.7 Å². The van der Waals surface area contributed by atoms with Crippen LogP contribution in [0.25, 0.3) is 0 Å². The third kappa shape index (κ3) is 8.12. The van der Waals surface area contributed by atoms with E-state index in [1.165, 1.54) is 16.9 Å². The number of thiazole rings is 1. The van der Waals surface area contributed by atoms with Crippen LogP contribution in [-0.2, 0) is 4.74 Å². The van der Waals surface area contributed by atoms with E-state index in [0.29, 0.717) is 21.7 Å². The van der Waals surface area contributed by atoms with E-state index in [-0.39, 0.29) is 0 Å². The van der Waals surface area contributed by atoms with Crippen LogP contribution in [0.2, 0.25) is 5.02 Å². The first-order valence-corrected chi connectivity index (χ1v) is 13.1. The summed E-state index contributed by atoms with van der Waals surface area (Å²) in [5.74, 6) is 2.32. The average molecular weight is 532 g/mol. The van der Waals surface area contributed by atoms with Crippen LogP contribution in [0.5, 0.6) is 0 Å². The standard InChI is InChI=1S/C17H24N6O2S.C8H10ClN/c1-13-19-15(21-17-18-11-14(12-24)26-17)10-16(20-13)23-7-5-22(6-8-23)4-3-9-25-2;1-6-4-3-5-7(9)8(6)10-2/h10-12H,3-9H2,1-2H3,(H,18,19,20,21);3-5,10H,1-2H3. The van der Waals surface area contributed by atoms with Crippen molar-refractivity contribution in [2.24, 2.45) is 0 Å². The van der Waals surface area contributed by atoms with Gasteiger partial charge in [-0.05, 0) is 31.9 Å². The van der Waals surface area contributed by atoms with E-state index in [9.17, 15) is 4.79 Å². The molecule has 0 aliphatic carbocycles. The second-order valence-corrected chi connectivity index (χ2v) is 9.80. The summed E-state index contributed by atoms with van der Waals surface area (Å²) in [5.41, 5.74) is 2.19. The highest BCUT2D eigenvalue weighted by molar-refractivity contribution is 7.17. The molecule has 9 nitrogen and oxygen atoms in total. The molecule has 0 saturated carbocycles. The number of nitrogens with zero attached hydrogens (tertiary/aromatic N) is 5. The van der Waals surface area contributed by atoms with Gasteiger partial charge in [0.15, 0.2) is 11.4 Å². The van der Waals surface area contributed by atoms with Crippen LogP contribution in [-0.4, -0.2) is 79.6 Å². The molecule has 36 heavy (non-hydrogen) atoms. The topological polar surface area (TPSA) is 95.5 Å². The van der Waals surface area contributed by atoms with Crippen LogP contribution < -0.4 is 15.5 Å². The minimum absolute atomic E-state index is 0.586. The number of methoxy groups -OCH3 is 1. The van der Waals surface area contributed by atoms with Crippen LogP contribution in [0.15, 0.2) is 30.5 Å². The lowest BCUT2D eigenvalue weighted by molar-refractivity contribution is 0.112. The summed E-state index contributed by atoms with van der Waals surface area (Å²) in [6, 6.07) is 7.78. The van der Waals surface area contributed by atoms with Crippen LogP contribution in [0, 0.1) is 13.8 Å². The maximum Gasteiger partial charge on any atom is 0.188 e. The van der Waals surface area contributed by atoms with Gasteiger partial charge in [-0.3, -0.25) is 9.69 Å². The van der Waals surface area contributed by atoms with Crippen molar-refractivity contribution in [3.8, 4) is 0 Å². The molecule has 194 valence electrons. The number of aldehydes is 1. The molecule has 4 rings (SSSR count). The lowest BCUT2D eigenvalue weighted by Gasteiger charge is -2.35. The molecular weight excluding hydrogens is 498 g/mol. The van der Waals surface area contributed by atoms with E-state index in [4.69, 9.17) is 16.3 Å². The molecule has 11 heteroatoms. The highest BCUT2D eigenvalue weighted by atomic mass is 35.5. The second kappa shape index (κ2) is 14.1. The van der Waals surface area contributed by atoms with Gasteiger partial charge in [0.05, 0.1) is 21.8 Å². The Kier molecular flexibility index (Phi) is 10.9. The van der Waals surface area contributed by atoms with Gasteiger partial charge in [0.1, 0.15) is 17.5 Å². The monoisotopic (exact) mass is 531 g/mol. The summed E-state index contributed by atoms with van der Waals surface area (Å²) in [7, 11) is 3.61. The summed E-state index contributed by atoms with van der Waals surface area (Å²) in [5, 5.41) is 7.63. The number of hydrogen-bond donors (Lipinski definition) is 2. The molecule has 1 fully saturated rings. The third-order valence-electron chi connectivity index (χ3n) is 5.69. The normalized spacial score (nSPS) is 13.6. The van der Waals surface area contributed by atoms with Crippen molar-refractivity contribution in [2.45, 2.75) is 20.3 Å². The van der Waals surface area contributed by atoms with Gasteiger partial charge in [0.2, 0.25) is 0 Å². The number of aryl methyl sites for hydroxylation is 2. The fourth-order valence-corrected chi connectivity index (χ4v) is 4.82. The van der Waals surface area contributed by atoms with E-state index >= 15 is 0 Å². The molecule has 0 radical (unpaired) electrons. The number of para-hydroxylation sites is 1. The summed E-state index contributed by atoms with van der Waals surface area (Å²) in [4.78, 5) is 29.3. The van der Waals surface area contributed by atoms with E-state index in [2.05, 4.69) is 35.4 Å². The minimum Gasteiger partial charge on any atom is -0.387 e. The zero-order valence-corrected chi connectivity index (χ0v) is 22.8. The number of piperazine rings is 1. The Bertz CT molecular complexity index is 1100. The van der Waals surface area contributed by atoms with Crippen molar-refractivity contribution in [3.05, 3.63) is 51.7 Å². The first-order valence-electron chi connectivity index (χ1n) is 11.9. The fraction of sp³-hybridized carbons (Fsp3) is 0.440. The van der Waals surface area contributed by atoms with Crippen molar-refractivity contribution in [1.29, 1.82) is 0 Å². The maximum atomic E-state index is 10.8. The molecule has 1 aliphatic heterocycles. The Balaban J connectivity index is 0.000000303.